The molecule has 0 aromatic rings. The van der Waals surface area contributed by atoms with Crippen LogP contribution in [0.2, 0.25) is 0 Å². The number of rotatable bonds is 3. The molecular weight excluding hydrogens is 154 g/mol. The molecule has 0 saturated carbocycles. The molecule has 0 unspecified atom stereocenters. The first-order valence-electron chi connectivity index (χ1n) is 4.24. The van der Waals surface area contributed by atoms with Gasteiger partial charge in [0, 0.05) is 26.1 Å². The Morgan fingerprint density at radius 3 is 2.75 bits per heavy atom. The molecule has 4 nitrogen and oxygen atoms in total. The van der Waals surface area contributed by atoms with Crippen molar-refractivity contribution in [2.24, 2.45) is 0 Å². The van der Waals surface area contributed by atoms with Gasteiger partial charge in [0.15, 0.2) is 6.19 Å². The van der Waals surface area contributed by atoms with E-state index in [2.05, 4.69) is 5.32 Å². The first-order chi connectivity index (χ1) is 5.84. The van der Waals surface area contributed by atoms with E-state index in [1.807, 2.05) is 4.90 Å². The minimum atomic E-state index is 0.162. The molecule has 0 aromatic heterocycles. The van der Waals surface area contributed by atoms with Gasteiger partial charge in [0.1, 0.15) is 0 Å². The van der Waals surface area contributed by atoms with E-state index < -0.39 is 0 Å². The Labute approximate surface area is 72.2 Å². The molecule has 0 radical (unpaired) electrons. The summed E-state index contributed by atoms with van der Waals surface area (Å²) in [5.74, 6) is 0.162. The van der Waals surface area contributed by atoms with Gasteiger partial charge in [0.2, 0.25) is 5.91 Å². The zero-order valence-electron chi connectivity index (χ0n) is 7.05. The topological polar surface area (TPSA) is 56.1 Å². The van der Waals surface area contributed by atoms with Crippen LogP contribution in [0.1, 0.15) is 19.3 Å². The Bertz CT molecular complexity index is 191. The van der Waals surface area contributed by atoms with Crippen LogP contribution in [0.4, 0.5) is 0 Å². The smallest absolute Gasteiger partial charge is 0.224 e. The van der Waals surface area contributed by atoms with Gasteiger partial charge >= 0.3 is 0 Å². The van der Waals surface area contributed by atoms with Crippen LogP contribution < -0.4 is 5.32 Å². The second-order valence-electron chi connectivity index (χ2n) is 2.88. The molecule has 1 amide bonds. The van der Waals surface area contributed by atoms with Gasteiger partial charge in [-0.1, -0.05) is 0 Å². The zero-order valence-corrected chi connectivity index (χ0v) is 7.05. The monoisotopic (exact) mass is 167 g/mol. The van der Waals surface area contributed by atoms with Gasteiger partial charge in [-0.25, -0.2) is 0 Å². The lowest BCUT2D eigenvalue weighted by atomic mass is 10.3. The van der Waals surface area contributed by atoms with Gasteiger partial charge in [-0.05, 0) is 12.8 Å². The minimum Gasteiger partial charge on any atom is -0.343 e. The predicted molar refractivity (Wildman–Crippen MR) is 44.0 cm³/mol. The largest absolute Gasteiger partial charge is 0.343 e. The van der Waals surface area contributed by atoms with Crippen molar-refractivity contribution in [3.05, 3.63) is 0 Å². The van der Waals surface area contributed by atoms with E-state index in [1.54, 1.807) is 6.19 Å². The van der Waals surface area contributed by atoms with E-state index in [1.165, 1.54) is 0 Å². The van der Waals surface area contributed by atoms with Gasteiger partial charge in [-0.2, -0.15) is 5.26 Å². The molecule has 0 aromatic carbocycles. The van der Waals surface area contributed by atoms with Crippen molar-refractivity contribution in [3.63, 3.8) is 0 Å². The fourth-order valence-corrected chi connectivity index (χ4v) is 1.35. The summed E-state index contributed by atoms with van der Waals surface area (Å²) in [6, 6.07) is 0. The van der Waals surface area contributed by atoms with Crippen LogP contribution in [0.5, 0.6) is 0 Å². The fourth-order valence-electron chi connectivity index (χ4n) is 1.35. The summed E-state index contributed by atoms with van der Waals surface area (Å²) in [5.41, 5.74) is 0. The third-order valence-corrected chi connectivity index (χ3v) is 2.00. The van der Waals surface area contributed by atoms with Crippen molar-refractivity contribution in [1.29, 1.82) is 5.26 Å². The molecule has 1 rings (SSSR count). The number of nitriles is 1. The summed E-state index contributed by atoms with van der Waals surface area (Å²) >= 11 is 0. The summed E-state index contributed by atoms with van der Waals surface area (Å²) in [4.78, 5) is 13.2. The Hall–Kier alpha value is -1.24. The van der Waals surface area contributed by atoms with Crippen molar-refractivity contribution in [2.45, 2.75) is 19.3 Å². The zero-order chi connectivity index (χ0) is 8.81. The van der Waals surface area contributed by atoms with Crippen molar-refractivity contribution in [3.8, 4) is 6.19 Å². The number of amides is 1. The van der Waals surface area contributed by atoms with Crippen molar-refractivity contribution < 1.29 is 4.79 Å². The normalized spacial score (nSPS) is 15.8. The molecule has 4 heteroatoms. The first-order valence-corrected chi connectivity index (χ1v) is 4.24. The molecule has 66 valence electrons. The molecule has 0 atom stereocenters. The van der Waals surface area contributed by atoms with E-state index in [0.29, 0.717) is 13.0 Å². The van der Waals surface area contributed by atoms with E-state index in [4.69, 9.17) is 5.26 Å². The highest BCUT2D eigenvalue weighted by molar-refractivity contribution is 5.76. The van der Waals surface area contributed by atoms with Crippen LogP contribution in [-0.4, -0.2) is 30.4 Å². The van der Waals surface area contributed by atoms with Crippen LogP contribution in [0.3, 0.4) is 0 Å². The summed E-state index contributed by atoms with van der Waals surface area (Å²) < 4.78 is 0. The number of hydrogen-bond acceptors (Lipinski definition) is 3. The highest BCUT2D eigenvalue weighted by Crippen LogP contribution is 2.08. The Morgan fingerprint density at radius 1 is 1.50 bits per heavy atom. The van der Waals surface area contributed by atoms with Crippen molar-refractivity contribution in [2.75, 3.05) is 19.6 Å². The van der Waals surface area contributed by atoms with Gasteiger partial charge < -0.3 is 10.2 Å². The van der Waals surface area contributed by atoms with Crippen LogP contribution in [0.25, 0.3) is 0 Å². The SMILES string of the molecule is N#CNCCC(=O)N1CCCC1. The van der Waals surface area contributed by atoms with Crippen LogP contribution in [0, 0.1) is 11.5 Å². The number of hydrogen-bond donors (Lipinski definition) is 1. The predicted octanol–water partition coefficient (Wildman–Crippen LogP) is 0.0696. The van der Waals surface area contributed by atoms with Crippen LogP contribution in [-0.2, 0) is 4.79 Å². The molecule has 1 N–H and O–H groups in total. The van der Waals surface area contributed by atoms with Crippen molar-refractivity contribution >= 4 is 5.91 Å². The van der Waals surface area contributed by atoms with Crippen LogP contribution >= 0.6 is 0 Å². The highest BCUT2D eigenvalue weighted by atomic mass is 16.2. The second kappa shape index (κ2) is 4.60. The summed E-state index contributed by atoms with van der Waals surface area (Å²) in [7, 11) is 0. The number of carbonyl (C=O) groups is 1. The van der Waals surface area contributed by atoms with Gasteiger partial charge in [0.05, 0.1) is 0 Å². The summed E-state index contributed by atoms with van der Waals surface area (Å²) in [6.07, 6.45) is 4.48. The maximum Gasteiger partial charge on any atom is 0.224 e. The standard InChI is InChI=1S/C8H13N3O/c9-7-10-4-3-8(12)11-5-1-2-6-11/h10H,1-6H2. The third kappa shape index (κ3) is 2.42. The van der Waals surface area contributed by atoms with E-state index in [9.17, 15) is 4.79 Å². The maximum absolute atomic E-state index is 11.3. The third-order valence-electron chi connectivity index (χ3n) is 2.00. The molecule has 1 fully saturated rings. The Kier molecular flexibility index (Phi) is 3.39. The highest BCUT2D eigenvalue weighted by Gasteiger charge is 2.16. The number of nitrogens with one attached hydrogen (secondary N) is 1. The molecule has 1 aliphatic rings. The minimum absolute atomic E-state index is 0.162. The average molecular weight is 167 g/mol. The summed E-state index contributed by atoms with van der Waals surface area (Å²) in [5, 5.41) is 10.6. The number of carbonyl (C=O) groups excluding carboxylic acids is 1. The quantitative estimate of drug-likeness (QED) is 0.367. The average Bonchev–Trinajstić information content (AvgIpc) is 2.56. The molecule has 0 aliphatic carbocycles. The van der Waals surface area contributed by atoms with Crippen molar-refractivity contribution in [1.82, 2.24) is 10.2 Å². The maximum atomic E-state index is 11.3. The van der Waals surface area contributed by atoms with E-state index in [-0.39, 0.29) is 5.91 Å². The number of nitrogens with zero attached hydrogens (tertiary/aromatic N) is 2. The summed E-state index contributed by atoms with van der Waals surface area (Å²) in [6.45, 7) is 2.25. The lowest BCUT2D eigenvalue weighted by Crippen LogP contribution is -2.29. The molecule has 1 aliphatic heterocycles. The fraction of sp³-hybridized carbons (Fsp3) is 0.750. The van der Waals surface area contributed by atoms with Crippen LogP contribution in [0.15, 0.2) is 0 Å². The Morgan fingerprint density at radius 2 is 2.17 bits per heavy atom. The number of likely N-dealkylation sites (tertiary alicyclic amines) is 1. The second-order valence-corrected chi connectivity index (χ2v) is 2.88. The van der Waals surface area contributed by atoms with E-state index in [0.717, 1.165) is 25.9 Å². The van der Waals surface area contributed by atoms with E-state index >= 15 is 0 Å². The molecular formula is C8H13N3O. The molecule has 1 saturated heterocycles. The first kappa shape index (κ1) is 8.85. The molecule has 0 spiro atoms. The lowest BCUT2D eigenvalue weighted by molar-refractivity contribution is -0.129. The van der Waals surface area contributed by atoms with Gasteiger partial charge in [-0.15, -0.1) is 0 Å². The van der Waals surface area contributed by atoms with Gasteiger partial charge in [0.25, 0.3) is 0 Å². The Balaban J connectivity index is 2.15. The lowest BCUT2D eigenvalue weighted by Gasteiger charge is -2.14. The molecule has 12 heavy (non-hydrogen) atoms. The molecule has 0 bridgehead atoms. The van der Waals surface area contributed by atoms with Gasteiger partial charge in [-0.3, -0.25) is 4.79 Å². The molecule has 1 heterocycles.